The number of carbonyl (C=O) groups excluding carboxylic acids is 1. The maximum Gasteiger partial charge on any atom is 0.401 e. The number of carbonyl (C=O) groups is 1. The molecule has 2 aromatic rings. The van der Waals surface area contributed by atoms with Crippen molar-refractivity contribution in [2.24, 2.45) is 7.05 Å². The first-order valence-electron chi connectivity index (χ1n) is 7.43. The van der Waals surface area contributed by atoms with Gasteiger partial charge in [-0.25, -0.2) is 9.48 Å². The number of esters is 1. The Morgan fingerprint density at radius 3 is 2.54 bits per heavy atom. The molecule has 1 aromatic carbocycles. The van der Waals surface area contributed by atoms with Gasteiger partial charge in [-0.15, -0.1) is 0 Å². The van der Waals surface area contributed by atoms with Gasteiger partial charge in [-0.3, -0.25) is 4.90 Å². The largest absolute Gasteiger partial charge is 0.404 e. The van der Waals surface area contributed by atoms with Crippen LogP contribution in [-0.4, -0.2) is 40.4 Å². The third-order valence-electron chi connectivity index (χ3n) is 3.44. The first-order chi connectivity index (χ1) is 12.0. The Labute approximate surface area is 158 Å². The molecule has 2 rings (SSSR count). The quantitative estimate of drug-likeness (QED) is 0.692. The summed E-state index contributed by atoms with van der Waals surface area (Å²) >= 11 is 12.3. The summed E-state index contributed by atoms with van der Waals surface area (Å²) in [6.07, 6.45) is -4.36. The highest BCUT2D eigenvalue weighted by atomic mass is 35.5. The Bertz CT molecular complexity index is 822. The van der Waals surface area contributed by atoms with Crippen molar-refractivity contribution < 1.29 is 22.7 Å². The minimum atomic E-state index is -4.36. The zero-order chi connectivity index (χ0) is 19.6. The van der Waals surface area contributed by atoms with Gasteiger partial charge >= 0.3 is 12.1 Å². The van der Waals surface area contributed by atoms with E-state index in [2.05, 4.69) is 5.10 Å². The number of benzene rings is 1. The average molecular weight is 410 g/mol. The highest BCUT2D eigenvalue weighted by molar-refractivity contribution is 6.38. The van der Waals surface area contributed by atoms with E-state index in [-0.39, 0.29) is 33.6 Å². The number of aromatic nitrogens is 2. The lowest BCUT2D eigenvalue weighted by molar-refractivity contribution is -0.144. The average Bonchev–Trinajstić information content (AvgIpc) is 2.79. The summed E-state index contributed by atoms with van der Waals surface area (Å²) in [4.78, 5) is 13.4. The fraction of sp³-hybridized carbons (Fsp3) is 0.375. The van der Waals surface area contributed by atoms with Crippen LogP contribution >= 0.6 is 23.2 Å². The summed E-state index contributed by atoms with van der Waals surface area (Å²) in [7, 11) is 2.89. The Morgan fingerprint density at radius 1 is 1.35 bits per heavy atom. The molecule has 1 heterocycles. The molecular formula is C16H16Cl2F3N3O2. The van der Waals surface area contributed by atoms with Crippen molar-refractivity contribution in [2.75, 3.05) is 13.6 Å². The van der Waals surface area contributed by atoms with Crippen LogP contribution in [0.4, 0.5) is 13.2 Å². The number of hydrogen-bond acceptors (Lipinski definition) is 4. The van der Waals surface area contributed by atoms with Crippen molar-refractivity contribution in [3.8, 4) is 5.88 Å². The smallest absolute Gasteiger partial charge is 0.401 e. The summed E-state index contributed by atoms with van der Waals surface area (Å²) < 4.78 is 44.2. The van der Waals surface area contributed by atoms with Gasteiger partial charge in [0.2, 0.25) is 5.88 Å². The molecule has 0 fully saturated rings. The third-order valence-corrected chi connectivity index (χ3v) is 4.23. The lowest BCUT2D eigenvalue weighted by Gasteiger charge is -2.20. The molecule has 0 aliphatic heterocycles. The zero-order valence-electron chi connectivity index (χ0n) is 14.2. The van der Waals surface area contributed by atoms with E-state index in [0.717, 1.165) is 4.90 Å². The Balaban J connectivity index is 2.25. The topological polar surface area (TPSA) is 47.4 Å². The van der Waals surface area contributed by atoms with Gasteiger partial charge in [0.1, 0.15) is 0 Å². The van der Waals surface area contributed by atoms with Crippen LogP contribution in [0, 0.1) is 6.92 Å². The van der Waals surface area contributed by atoms with E-state index in [1.807, 2.05) is 0 Å². The summed E-state index contributed by atoms with van der Waals surface area (Å²) in [5.41, 5.74) is 0.882. The molecule has 142 valence electrons. The Kier molecular flexibility index (Phi) is 6.21. The van der Waals surface area contributed by atoms with Gasteiger partial charge in [0.25, 0.3) is 0 Å². The number of nitrogens with zero attached hydrogens (tertiary/aromatic N) is 3. The van der Waals surface area contributed by atoms with Crippen LogP contribution in [0.2, 0.25) is 10.0 Å². The molecule has 26 heavy (non-hydrogen) atoms. The predicted octanol–water partition coefficient (Wildman–Crippen LogP) is 4.25. The fourth-order valence-corrected chi connectivity index (χ4v) is 2.93. The lowest BCUT2D eigenvalue weighted by atomic mass is 10.1. The summed E-state index contributed by atoms with van der Waals surface area (Å²) in [5, 5.41) is 4.18. The molecule has 0 spiro atoms. The predicted molar refractivity (Wildman–Crippen MR) is 91.8 cm³/mol. The second-order valence-corrected chi connectivity index (χ2v) is 6.60. The first-order valence-corrected chi connectivity index (χ1v) is 8.18. The van der Waals surface area contributed by atoms with Gasteiger partial charge in [-0.05, 0) is 26.1 Å². The van der Waals surface area contributed by atoms with Gasteiger partial charge in [-0.1, -0.05) is 23.2 Å². The minimum Gasteiger partial charge on any atom is -0.404 e. The minimum absolute atomic E-state index is 0.00493. The third kappa shape index (κ3) is 5.12. The van der Waals surface area contributed by atoms with Crippen LogP contribution < -0.4 is 4.74 Å². The summed E-state index contributed by atoms with van der Waals surface area (Å²) in [6.45, 7) is 0.424. The molecule has 5 nitrogen and oxygen atoms in total. The zero-order valence-corrected chi connectivity index (χ0v) is 15.7. The van der Waals surface area contributed by atoms with Crippen LogP contribution in [0.3, 0.4) is 0 Å². The number of halogens is 5. The molecule has 0 saturated carbocycles. The molecule has 0 atom stereocenters. The monoisotopic (exact) mass is 409 g/mol. The Hall–Kier alpha value is -1.77. The molecule has 0 aliphatic carbocycles. The molecular weight excluding hydrogens is 394 g/mol. The van der Waals surface area contributed by atoms with E-state index in [9.17, 15) is 18.0 Å². The van der Waals surface area contributed by atoms with Gasteiger partial charge in [-0.2, -0.15) is 18.3 Å². The summed E-state index contributed by atoms with van der Waals surface area (Å²) in [6, 6.07) is 4.33. The van der Waals surface area contributed by atoms with E-state index in [1.165, 1.54) is 23.9 Å². The van der Waals surface area contributed by atoms with Crippen molar-refractivity contribution in [1.82, 2.24) is 14.7 Å². The molecule has 0 amide bonds. The van der Waals surface area contributed by atoms with Crippen molar-refractivity contribution in [1.29, 1.82) is 0 Å². The van der Waals surface area contributed by atoms with Crippen molar-refractivity contribution >= 4 is 29.2 Å². The molecule has 0 N–H and O–H groups in total. The molecule has 10 heteroatoms. The van der Waals surface area contributed by atoms with Gasteiger partial charge < -0.3 is 4.74 Å². The Morgan fingerprint density at radius 2 is 2.00 bits per heavy atom. The molecule has 0 unspecified atom stereocenters. The molecule has 0 saturated heterocycles. The van der Waals surface area contributed by atoms with Gasteiger partial charge in [0, 0.05) is 30.2 Å². The van der Waals surface area contributed by atoms with Gasteiger partial charge in [0.15, 0.2) is 0 Å². The SMILES string of the molecule is Cc1cc(OC(=O)c2ccc(Cl)c(CN(C)CC(F)(F)F)c2Cl)n(C)n1. The van der Waals surface area contributed by atoms with Crippen molar-refractivity contribution in [3.05, 3.63) is 45.1 Å². The number of hydrogen-bond donors (Lipinski definition) is 0. The summed E-state index contributed by atoms with van der Waals surface area (Å²) in [5.74, 6) is -0.538. The number of aryl methyl sites for hydroxylation is 2. The van der Waals surface area contributed by atoms with Gasteiger partial charge in [0.05, 0.1) is 22.8 Å². The van der Waals surface area contributed by atoms with Crippen LogP contribution in [0.25, 0.3) is 0 Å². The standard InChI is InChI=1S/C16H16Cl2F3N3O2/c1-9-6-13(24(3)22-9)26-15(25)10-4-5-12(17)11(14(10)18)7-23(2)8-16(19,20)21/h4-6H,7-8H2,1-3H3. The van der Waals surface area contributed by atoms with Crippen LogP contribution in [0.5, 0.6) is 5.88 Å². The number of rotatable bonds is 5. The van der Waals surface area contributed by atoms with Crippen LogP contribution in [0.1, 0.15) is 21.6 Å². The second kappa shape index (κ2) is 7.85. The lowest BCUT2D eigenvalue weighted by Crippen LogP contribution is -2.30. The van der Waals surface area contributed by atoms with E-state index in [1.54, 1.807) is 20.0 Å². The highest BCUT2D eigenvalue weighted by Gasteiger charge is 2.30. The fourth-order valence-electron chi connectivity index (χ4n) is 2.36. The van der Waals surface area contributed by atoms with Crippen molar-refractivity contribution in [3.63, 3.8) is 0 Å². The van der Waals surface area contributed by atoms with E-state index >= 15 is 0 Å². The number of ether oxygens (including phenoxy) is 1. The van der Waals surface area contributed by atoms with Crippen LogP contribution in [0.15, 0.2) is 18.2 Å². The molecule has 0 radical (unpaired) electrons. The van der Waals surface area contributed by atoms with E-state index in [4.69, 9.17) is 27.9 Å². The first kappa shape index (κ1) is 20.5. The van der Waals surface area contributed by atoms with Crippen molar-refractivity contribution in [2.45, 2.75) is 19.6 Å². The van der Waals surface area contributed by atoms with Crippen LogP contribution in [-0.2, 0) is 13.6 Å². The maximum absolute atomic E-state index is 12.5. The molecule has 0 bridgehead atoms. The van der Waals surface area contributed by atoms with E-state index < -0.39 is 18.7 Å². The number of alkyl halides is 3. The van der Waals surface area contributed by atoms with E-state index in [0.29, 0.717) is 5.69 Å². The normalized spacial score (nSPS) is 11.9. The molecule has 0 aliphatic rings. The molecule has 1 aromatic heterocycles. The second-order valence-electron chi connectivity index (χ2n) is 5.81. The maximum atomic E-state index is 12.5. The highest BCUT2D eigenvalue weighted by Crippen LogP contribution is 2.31.